The molecule has 0 fully saturated rings. The van der Waals surface area contributed by atoms with Crippen LogP contribution in [0, 0.1) is 6.92 Å². The molecular formula is C5H9S. The molecule has 0 rings (SSSR count). The highest BCUT2D eigenvalue weighted by atomic mass is 32.2. The number of thioether (sulfide) groups is 1. The molecule has 0 saturated carbocycles. The van der Waals surface area contributed by atoms with Crippen molar-refractivity contribution >= 4 is 11.8 Å². The summed E-state index contributed by atoms with van der Waals surface area (Å²) in [5, 5.41) is 2.03. The third-order valence-corrected chi connectivity index (χ3v) is 1.05. The lowest BCUT2D eigenvalue weighted by atomic mass is 10.8. The normalized spacial score (nSPS) is 10.3. The van der Waals surface area contributed by atoms with E-state index in [1.165, 1.54) is 0 Å². The van der Waals surface area contributed by atoms with E-state index in [9.17, 15) is 0 Å². The van der Waals surface area contributed by atoms with E-state index in [0.717, 1.165) is 5.75 Å². The lowest BCUT2D eigenvalue weighted by Gasteiger charge is -1.76. The van der Waals surface area contributed by atoms with Crippen molar-refractivity contribution in [1.29, 1.82) is 0 Å². The van der Waals surface area contributed by atoms with Crippen molar-refractivity contribution in [1.82, 2.24) is 0 Å². The van der Waals surface area contributed by atoms with Crippen LogP contribution in [0.25, 0.3) is 0 Å². The Balaban J connectivity index is 2.66. The van der Waals surface area contributed by atoms with Gasteiger partial charge >= 0.3 is 0 Å². The molecule has 0 aromatic carbocycles. The van der Waals surface area contributed by atoms with Gasteiger partial charge in [0.2, 0.25) is 0 Å². The summed E-state index contributed by atoms with van der Waals surface area (Å²) in [7, 11) is 0. The summed E-state index contributed by atoms with van der Waals surface area (Å²) in [5.41, 5.74) is 0. The monoisotopic (exact) mass is 101 g/mol. The van der Waals surface area contributed by atoms with Gasteiger partial charge in [0.05, 0.1) is 0 Å². The van der Waals surface area contributed by atoms with Crippen LogP contribution in [-0.4, -0.2) is 5.75 Å². The fourth-order valence-corrected chi connectivity index (χ4v) is 0.493. The lowest BCUT2D eigenvalue weighted by molar-refractivity contribution is 1.77. The van der Waals surface area contributed by atoms with Crippen LogP contribution < -0.4 is 0 Å². The first-order valence-corrected chi connectivity index (χ1v) is 2.98. The molecule has 6 heavy (non-hydrogen) atoms. The summed E-state index contributed by atoms with van der Waals surface area (Å²) in [6.45, 7) is 5.64. The van der Waals surface area contributed by atoms with Crippen LogP contribution in [0.15, 0.2) is 11.5 Å². The van der Waals surface area contributed by atoms with E-state index in [1.54, 1.807) is 11.8 Å². The summed E-state index contributed by atoms with van der Waals surface area (Å²) in [6, 6.07) is 0. The average molecular weight is 101 g/mol. The molecule has 0 N–H and O–H groups in total. The van der Waals surface area contributed by atoms with E-state index in [0.29, 0.717) is 0 Å². The van der Waals surface area contributed by atoms with E-state index >= 15 is 0 Å². The average Bonchev–Trinajstić information content (AvgIpc) is 1.61. The molecule has 0 saturated heterocycles. The maximum atomic E-state index is 3.63. The molecule has 0 nitrogen and oxygen atoms in total. The minimum absolute atomic E-state index is 0.935. The van der Waals surface area contributed by atoms with Crippen molar-refractivity contribution in [3.63, 3.8) is 0 Å². The van der Waals surface area contributed by atoms with Crippen LogP contribution in [0.3, 0.4) is 0 Å². The SMILES string of the molecule is [CH2]CSC=CC. The van der Waals surface area contributed by atoms with Crippen LogP contribution >= 0.6 is 11.8 Å². The van der Waals surface area contributed by atoms with Crippen molar-refractivity contribution in [2.45, 2.75) is 6.92 Å². The minimum Gasteiger partial charge on any atom is -0.134 e. The zero-order valence-electron chi connectivity index (χ0n) is 3.98. The fourth-order valence-electron chi connectivity index (χ4n) is 0.164. The van der Waals surface area contributed by atoms with Crippen LogP contribution in [0.4, 0.5) is 0 Å². The first-order chi connectivity index (χ1) is 2.91. The van der Waals surface area contributed by atoms with Crippen LogP contribution in [-0.2, 0) is 0 Å². The van der Waals surface area contributed by atoms with E-state index in [2.05, 4.69) is 6.92 Å². The number of hydrogen-bond donors (Lipinski definition) is 0. The molecule has 0 bridgehead atoms. The topological polar surface area (TPSA) is 0 Å². The Morgan fingerprint density at radius 1 is 1.83 bits per heavy atom. The number of hydrogen-bond acceptors (Lipinski definition) is 1. The Morgan fingerprint density at radius 2 is 2.50 bits per heavy atom. The summed E-state index contributed by atoms with van der Waals surface area (Å²) in [5.74, 6) is 0.935. The Labute approximate surface area is 43.6 Å². The molecule has 0 aliphatic rings. The van der Waals surface area contributed by atoms with Crippen LogP contribution in [0.2, 0.25) is 0 Å². The van der Waals surface area contributed by atoms with Gasteiger partial charge in [0.25, 0.3) is 0 Å². The van der Waals surface area contributed by atoms with Gasteiger partial charge in [0, 0.05) is 0 Å². The summed E-state index contributed by atoms with van der Waals surface area (Å²) >= 11 is 1.72. The second kappa shape index (κ2) is 5.09. The molecule has 0 unspecified atom stereocenters. The van der Waals surface area contributed by atoms with Gasteiger partial charge in [0.15, 0.2) is 0 Å². The molecule has 0 spiro atoms. The van der Waals surface area contributed by atoms with Gasteiger partial charge in [-0.15, -0.1) is 11.8 Å². The highest BCUT2D eigenvalue weighted by Crippen LogP contribution is 1.97. The number of allylic oxidation sites excluding steroid dienone is 1. The maximum absolute atomic E-state index is 3.63. The molecule has 0 aromatic rings. The van der Waals surface area contributed by atoms with Gasteiger partial charge in [0.1, 0.15) is 0 Å². The molecule has 0 heterocycles. The molecule has 1 radical (unpaired) electrons. The first-order valence-electron chi connectivity index (χ1n) is 1.94. The number of rotatable bonds is 2. The largest absolute Gasteiger partial charge is 0.134 e. The van der Waals surface area contributed by atoms with Gasteiger partial charge in [-0.2, -0.15) is 0 Å². The van der Waals surface area contributed by atoms with Crippen molar-refractivity contribution < 1.29 is 0 Å². The fraction of sp³-hybridized carbons (Fsp3) is 0.400. The Kier molecular flexibility index (Phi) is 5.17. The van der Waals surface area contributed by atoms with Crippen molar-refractivity contribution in [3.05, 3.63) is 18.4 Å². The Hall–Kier alpha value is 0.0900. The maximum Gasteiger partial charge on any atom is -0.00258 e. The second-order valence-electron chi connectivity index (χ2n) is 0.840. The third kappa shape index (κ3) is 4.09. The standard InChI is InChI=1S/C5H9S/c1-3-5-6-4-2/h3,5H,2,4H2,1H3. The quantitative estimate of drug-likeness (QED) is 0.513. The smallest absolute Gasteiger partial charge is 0.00258 e. The second-order valence-corrected chi connectivity index (χ2v) is 1.85. The van der Waals surface area contributed by atoms with Crippen molar-refractivity contribution in [2.75, 3.05) is 5.75 Å². The van der Waals surface area contributed by atoms with Gasteiger partial charge in [-0.25, -0.2) is 0 Å². The van der Waals surface area contributed by atoms with Gasteiger partial charge < -0.3 is 0 Å². The summed E-state index contributed by atoms with van der Waals surface area (Å²) in [6.07, 6.45) is 2.01. The van der Waals surface area contributed by atoms with Crippen molar-refractivity contribution in [2.24, 2.45) is 0 Å². The molecule has 0 aromatic heterocycles. The van der Waals surface area contributed by atoms with Crippen LogP contribution in [0.5, 0.6) is 0 Å². The van der Waals surface area contributed by atoms with Crippen molar-refractivity contribution in [3.8, 4) is 0 Å². The summed E-state index contributed by atoms with van der Waals surface area (Å²) < 4.78 is 0. The minimum atomic E-state index is 0.935. The molecule has 0 amide bonds. The Morgan fingerprint density at radius 3 is 2.67 bits per heavy atom. The molecular weight excluding hydrogens is 92.1 g/mol. The summed E-state index contributed by atoms with van der Waals surface area (Å²) in [4.78, 5) is 0. The predicted octanol–water partition coefficient (Wildman–Crippen LogP) is 2.09. The molecule has 35 valence electrons. The Bertz CT molecular complexity index is 39.2. The van der Waals surface area contributed by atoms with Gasteiger partial charge in [-0.3, -0.25) is 0 Å². The van der Waals surface area contributed by atoms with Crippen LogP contribution in [0.1, 0.15) is 6.92 Å². The molecule has 0 aliphatic heterocycles. The van der Waals surface area contributed by atoms with E-state index in [-0.39, 0.29) is 0 Å². The van der Waals surface area contributed by atoms with Gasteiger partial charge in [-0.1, -0.05) is 6.08 Å². The first kappa shape index (κ1) is 6.09. The third-order valence-electron chi connectivity index (χ3n) is 0.350. The molecule has 0 aliphatic carbocycles. The van der Waals surface area contributed by atoms with E-state index in [1.807, 2.05) is 18.4 Å². The lowest BCUT2D eigenvalue weighted by Crippen LogP contribution is -1.54. The predicted molar refractivity (Wildman–Crippen MR) is 32.6 cm³/mol. The van der Waals surface area contributed by atoms with Gasteiger partial charge in [-0.05, 0) is 25.0 Å². The molecule has 0 atom stereocenters. The molecule has 1 heteroatoms. The highest BCUT2D eigenvalue weighted by Gasteiger charge is 1.64. The highest BCUT2D eigenvalue weighted by molar-refractivity contribution is 8.02. The van der Waals surface area contributed by atoms with E-state index < -0.39 is 0 Å². The zero-order valence-corrected chi connectivity index (χ0v) is 4.79. The zero-order chi connectivity index (χ0) is 4.83. The van der Waals surface area contributed by atoms with E-state index in [4.69, 9.17) is 0 Å².